The van der Waals surface area contributed by atoms with Gasteiger partial charge in [0.1, 0.15) is 0 Å². The maximum Gasteiger partial charge on any atom is 0.227 e. The number of hydrogen-bond acceptors (Lipinski definition) is 6. The van der Waals surface area contributed by atoms with Gasteiger partial charge in [0, 0.05) is 37.4 Å². The molecule has 3 rings (SSSR count). The molecule has 0 bridgehead atoms. The monoisotopic (exact) mass is 316 g/mol. The summed E-state index contributed by atoms with van der Waals surface area (Å²) in [7, 11) is 0. The molecule has 23 heavy (non-hydrogen) atoms. The van der Waals surface area contributed by atoms with E-state index in [9.17, 15) is 4.79 Å². The molecule has 0 radical (unpaired) electrons. The predicted molar refractivity (Wildman–Crippen MR) is 82.4 cm³/mol. The van der Waals surface area contributed by atoms with Crippen LogP contribution < -0.4 is 5.32 Å². The van der Waals surface area contributed by atoms with Gasteiger partial charge in [0.05, 0.1) is 12.1 Å². The average molecular weight is 316 g/mol. The third-order valence-corrected chi connectivity index (χ3v) is 3.86. The van der Waals surface area contributed by atoms with E-state index in [0.29, 0.717) is 24.6 Å². The third kappa shape index (κ3) is 4.13. The number of pyridine rings is 1. The quantitative estimate of drug-likeness (QED) is 0.873. The summed E-state index contributed by atoms with van der Waals surface area (Å²) in [5.74, 6) is 0.902. The molecule has 0 aromatic carbocycles. The van der Waals surface area contributed by atoms with Crippen LogP contribution in [-0.4, -0.2) is 39.8 Å². The van der Waals surface area contributed by atoms with Crippen molar-refractivity contribution in [3.8, 4) is 11.4 Å². The van der Waals surface area contributed by atoms with Crippen LogP contribution in [0.15, 0.2) is 29.0 Å². The van der Waals surface area contributed by atoms with E-state index in [1.165, 1.54) is 0 Å². The molecule has 0 saturated carbocycles. The van der Waals surface area contributed by atoms with E-state index >= 15 is 0 Å². The van der Waals surface area contributed by atoms with Gasteiger partial charge in [-0.05, 0) is 31.9 Å². The summed E-state index contributed by atoms with van der Waals surface area (Å²) in [4.78, 5) is 20.3. The molecule has 7 heteroatoms. The smallest absolute Gasteiger partial charge is 0.227 e. The summed E-state index contributed by atoms with van der Waals surface area (Å²) in [5, 5.41) is 6.88. The number of ether oxygens (including phenoxy) is 1. The van der Waals surface area contributed by atoms with E-state index in [2.05, 4.69) is 20.4 Å². The first kappa shape index (κ1) is 15.6. The number of hydrogen-bond donors (Lipinski definition) is 1. The standard InChI is InChI=1S/C16H20N4O3/c1-11(13-5-3-9-22-13)18-14(21)6-7-15-19-16(20-23-15)12-4-2-8-17-10-12/h2,4,8,10-11,13H,3,5-7,9H2,1H3,(H,18,21)/t11-,13-/m0/s1. The Balaban J connectivity index is 1.48. The topological polar surface area (TPSA) is 90.1 Å². The Labute approximate surface area is 134 Å². The first-order valence-electron chi connectivity index (χ1n) is 7.86. The normalized spacial score (nSPS) is 18.7. The van der Waals surface area contributed by atoms with E-state index in [-0.39, 0.29) is 18.1 Å². The highest BCUT2D eigenvalue weighted by molar-refractivity contribution is 5.76. The molecule has 0 unspecified atom stereocenters. The maximum atomic E-state index is 12.0. The van der Waals surface area contributed by atoms with Gasteiger partial charge in [-0.1, -0.05) is 5.16 Å². The number of nitrogens with one attached hydrogen (secondary N) is 1. The number of amides is 1. The highest BCUT2D eigenvalue weighted by Crippen LogP contribution is 2.16. The number of carbonyl (C=O) groups is 1. The van der Waals surface area contributed by atoms with Crippen LogP contribution in [0.2, 0.25) is 0 Å². The van der Waals surface area contributed by atoms with Gasteiger partial charge in [0.25, 0.3) is 0 Å². The number of nitrogens with zero attached hydrogens (tertiary/aromatic N) is 3. The predicted octanol–water partition coefficient (Wildman–Crippen LogP) is 1.75. The fourth-order valence-corrected chi connectivity index (χ4v) is 2.61. The average Bonchev–Trinajstić information content (AvgIpc) is 3.25. The lowest BCUT2D eigenvalue weighted by atomic mass is 10.1. The molecule has 0 aliphatic carbocycles. The van der Waals surface area contributed by atoms with Crippen LogP contribution in [0.5, 0.6) is 0 Å². The second-order valence-corrected chi connectivity index (χ2v) is 5.66. The zero-order valence-electron chi connectivity index (χ0n) is 13.1. The summed E-state index contributed by atoms with van der Waals surface area (Å²) in [6.45, 7) is 2.76. The first-order valence-corrected chi connectivity index (χ1v) is 7.86. The van der Waals surface area contributed by atoms with Crippen LogP contribution in [0.3, 0.4) is 0 Å². The minimum Gasteiger partial charge on any atom is -0.376 e. The molecule has 1 N–H and O–H groups in total. The van der Waals surface area contributed by atoms with Gasteiger partial charge in [-0.3, -0.25) is 9.78 Å². The Morgan fingerprint density at radius 1 is 1.52 bits per heavy atom. The molecule has 2 aromatic heterocycles. The Morgan fingerprint density at radius 3 is 3.17 bits per heavy atom. The van der Waals surface area contributed by atoms with Crippen LogP contribution in [0.4, 0.5) is 0 Å². The van der Waals surface area contributed by atoms with Crippen molar-refractivity contribution in [1.29, 1.82) is 0 Å². The molecular formula is C16H20N4O3. The largest absolute Gasteiger partial charge is 0.376 e. The lowest BCUT2D eigenvalue weighted by Crippen LogP contribution is -2.40. The van der Waals surface area contributed by atoms with Gasteiger partial charge in [-0.25, -0.2) is 0 Å². The van der Waals surface area contributed by atoms with Gasteiger partial charge >= 0.3 is 0 Å². The van der Waals surface area contributed by atoms with Crippen LogP contribution >= 0.6 is 0 Å². The lowest BCUT2D eigenvalue weighted by molar-refractivity contribution is -0.122. The van der Waals surface area contributed by atoms with Gasteiger partial charge < -0.3 is 14.6 Å². The number of aryl methyl sites for hydroxylation is 1. The summed E-state index contributed by atoms with van der Waals surface area (Å²) in [6.07, 6.45) is 6.26. The molecule has 3 heterocycles. The molecule has 1 aliphatic rings. The van der Waals surface area contributed by atoms with Crippen molar-refractivity contribution in [3.63, 3.8) is 0 Å². The molecule has 1 saturated heterocycles. The third-order valence-electron chi connectivity index (χ3n) is 3.86. The summed E-state index contributed by atoms with van der Waals surface area (Å²) < 4.78 is 10.7. The SMILES string of the molecule is C[C@H](NC(=O)CCc1nc(-c2cccnc2)no1)[C@@H]1CCCO1. The van der Waals surface area contributed by atoms with Crippen molar-refractivity contribution in [2.45, 2.75) is 44.8 Å². The highest BCUT2D eigenvalue weighted by atomic mass is 16.5. The van der Waals surface area contributed by atoms with E-state index in [1.807, 2.05) is 19.1 Å². The summed E-state index contributed by atoms with van der Waals surface area (Å²) in [5.41, 5.74) is 0.791. The minimum atomic E-state index is -0.0332. The van der Waals surface area contributed by atoms with Gasteiger partial charge in [0.15, 0.2) is 0 Å². The first-order chi connectivity index (χ1) is 11.2. The molecule has 0 spiro atoms. The van der Waals surface area contributed by atoms with Crippen molar-refractivity contribution >= 4 is 5.91 Å². The van der Waals surface area contributed by atoms with Gasteiger partial charge in [0.2, 0.25) is 17.6 Å². The van der Waals surface area contributed by atoms with E-state index in [1.54, 1.807) is 12.4 Å². The van der Waals surface area contributed by atoms with Crippen molar-refractivity contribution in [2.24, 2.45) is 0 Å². The van der Waals surface area contributed by atoms with Crippen LogP contribution in [0, 0.1) is 0 Å². The Morgan fingerprint density at radius 2 is 2.43 bits per heavy atom. The zero-order valence-corrected chi connectivity index (χ0v) is 13.1. The second-order valence-electron chi connectivity index (χ2n) is 5.66. The van der Waals surface area contributed by atoms with E-state index in [0.717, 1.165) is 25.0 Å². The minimum absolute atomic E-state index is 0.0265. The maximum absolute atomic E-state index is 12.0. The molecule has 2 atom stereocenters. The number of rotatable bonds is 6. The summed E-state index contributed by atoms with van der Waals surface area (Å²) >= 11 is 0. The van der Waals surface area contributed by atoms with Crippen LogP contribution in [0.25, 0.3) is 11.4 Å². The Bertz CT molecular complexity index is 638. The number of aromatic nitrogens is 3. The Hall–Kier alpha value is -2.28. The molecule has 1 aliphatic heterocycles. The lowest BCUT2D eigenvalue weighted by Gasteiger charge is -2.19. The molecular weight excluding hydrogens is 296 g/mol. The van der Waals surface area contributed by atoms with Crippen molar-refractivity contribution in [2.75, 3.05) is 6.61 Å². The van der Waals surface area contributed by atoms with Crippen LogP contribution in [-0.2, 0) is 16.0 Å². The van der Waals surface area contributed by atoms with Crippen LogP contribution in [0.1, 0.15) is 32.1 Å². The molecule has 7 nitrogen and oxygen atoms in total. The van der Waals surface area contributed by atoms with Gasteiger partial charge in [-0.15, -0.1) is 0 Å². The Kier molecular flexibility index (Phi) is 4.97. The molecule has 2 aromatic rings. The molecule has 1 amide bonds. The highest BCUT2D eigenvalue weighted by Gasteiger charge is 2.23. The van der Waals surface area contributed by atoms with Crippen molar-refractivity contribution in [1.82, 2.24) is 20.4 Å². The molecule has 1 fully saturated rings. The van der Waals surface area contributed by atoms with E-state index in [4.69, 9.17) is 9.26 Å². The second kappa shape index (κ2) is 7.32. The molecule has 122 valence electrons. The van der Waals surface area contributed by atoms with Gasteiger partial charge in [-0.2, -0.15) is 4.98 Å². The summed E-state index contributed by atoms with van der Waals surface area (Å²) in [6, 6.07) is 3.70. The van der Waals surface area contributed by atoms with Crippen molar-refractivity contribution in [3.05, 3.63) is 30.4 Å². The van der Waals surface area contributed by atoms with Crippen molar-refractivity contribution < 1.29 is 14.1 Å². The fourth-order valence-electron chi connectivity index (χ4n) is 2.61. The zero-order chi connectivity index (χ0) is 16.1. The number of carbonyl (C=O) groups excluding carboxylic acids is 1. The fraction of sp³-hybridized carbons (Fsp3) is 0.500. The van der Waals surface area contributed by atoms with E-state index < -0.39 is 0 Å².